The average molecular weight is 243 g/mol. The highest BCUT2D eigenvalue weighted by Crippen LogP contribution is 2.12. The number of carboxylic acids is 1. The van der Waals surface area contributed by atoms with Gasteiger partial charge in [0.2, 0.25) is 10.0 Å². The Kier molecular flexibility index (Phi) is 4.03. The quantitative estimate of drug-likeness (QED) is 0.793. The van der Waals surface area contributed by atoms with Crippen LogP contribution in [0.2, 0.25) is 0 Å². The summed E-state index contributed by atoms with van der Waals surface area (Å²) >= 11 is 0. The first-order chi connectivity index (χ1) is 7.45. The summed E-state index contributed by atoms with van der Waals surface area (Å²) in [7, 11) is -2.12. The van der Waals surface area contributed by atoms with E-state index in [0.29, 0.717) is 12.0 Å². The lowest BCUT2D eigenvalue weighted by Crippen LogP contribution is -2.18. The van der Waals surface area contributed by atoms with Crippen LogP contribution in [0.5, 0.6) is 0 Å². The van der Waals surface area contributed by atoms with Crippen LogP contribution in [-0.2, 0) is 21.2 Å². The molecule has 5 nitrogen and oxygen atoms in total. The van der Waals surface area contributed by atoms with Gasteiger partial charge in [-0.25, -0.2) is 13.1 Å². The molecule has 0 amide bonds. The highest BCUT2D eigenvalue weighted by Gasteiger charge is 2.11. The molecule has 0 unspecified atom stereocenters. The first-order valence-electron chi connectivity index (χ1n) is 4.70. The Bertz CT molecular complexity index is 481. The molecule has 0 radical (unpaired) electrons. The number of sulfonamides is 1. The van der Waals surface area contributed by atoms with Crippen molar-refractivity contribution in [2.75, 3.05) is 7.05 Å². The molecule has 6 heteroatoms. The Hall–Kier alpha value is -1.40. The number of aryl methyl sites for hydroxylation is 1. The van der Waals surface area contributed by atoms with E-state index in [1.54, 1.807) is 12.1 Å². The fraction of sp³-hybridized carbons (Fsp3) is 0.300. The molecule has 0 fully saturated rings. The van der Waals surface area contributed by atoms with E-state index < -0.39 is 16.0 Å². The van der Waals surface area contributed by atoms with Crippen LogP contribution in [-0.4, -0.2) is 26.5 Å². The number of carboxylic acid groups (broad SMARTS) is 1. The van der Waals surface area contributed by atoms with Crippen LogP contribution < -0.4 is 4.72 Å². The van der Waals surface area contributed by atoms with Gasteiger partial charge >= 0.3 is 5.97 Å². The van der Waals surface area contributed by atoms with Crippen LogP contribution in [0.15, 0.2) is 29.2 Å². The Balaban J connectivity index is 2.91. The highest BCUT2D eigenvalue weighted by molar-refractivity contribution is 7.89. The van der Waals surface area contributed by atoms with Gasteiger partial charge in [0, 0.05) is 6.42 Å². The molecule has 0 aliphatic rings. The third-order valence-corrected chi connectivity index (χ3v) is 3.52. The molecule has 2 N–H and O–H groups in total. The topological polar surface area (TPSA) is 83.5 Å². The molecule has 0 atom stereocenters. The van der Waals surface area contributed by atoms with Gasteiger partial charge in [0.05, 0.1) is 4.90 Å². The van der Waals surface area contributed by atoms with Crippen LogP contribution in [0.3, 0.4) is 0 Å². The van der Waals surface area contributed by atoms with Crippen LogP contribution in [0.4, 0.5) is 0 Å². The maximum Gasteiger partial charge on any atom is 0.303 e. The van der Waals surface area contributed by atoms with Gasteiger partial charge in [0.25, 0.3) is 0 Å². The molecule has 1 rings (SSSR count). The second kappa shape index (κ2) is 5.09. The summed E-state index contributed by atoms with van der Waals surface area (Å²) in [4.78, 5) is 10.5. The van der Waals surface area contributed by atoms with Crippen molar-refractivity contribution in [3.8, 4) is 0 Å². The average Bonchev–Trinajstić information content (AvgIpc) is 2.27. The van der Waals surface area contributed by atoms with Gasteiger partial charge in [-0.2, -0.15) is 0 Å². The number of hydrogen-bond donors (Lipinski definition) is 2. The van der Waals surface area contributed by atoms with Crippen molar-refractivity contribution < 1.29 is 18.3 Å². The van der Waals surface area contributed by atoms with Crippen molar-refractivity contribution in [1.29, 1.82) is 0 Å². The summed E-state index contributed by atoms with van der Waals surface area (Å²) in [5.41, 5.74) is 0.693. The zero-order chi connectivity index (χ0) is 12.2. The minimum Gasteiger partial charge on any atom is -0.481 e. The Morgan fingerprint density at radius 1 is 1.44 bits per heavy atom. The normalized spacial score (nSPS) is 11.3. The van der Waals surface area contributed by atoms with Crippen LogP contribution >= 0.6 is 0 Å². The number of rotatable bonds is 5. The van der Waals surface area contributed by atoms with Gasteiger partial charge in [0.1, 0.15) is 0 Å². The number of hydrogen-bond acceptors (Lipinski definition) is 3. The molecule has 0 aliphatic heterocycles. The lowest BCUT2D eigenvalue weighted by Gasteiger charge is -2.04. The van der Waals surface area contributed by atoms with Gasteiger partial charge in [-0.05, 0) is 31.2 Å². The summed E-state index contributed by atoms with van der Waals surface area (Å²) in [6, 6.07) is 6.25. The van der Waals surface area contributed by atoms with Gasteiger partial charge in [-0.1, -0.05) is 12.1 Å². The molecule has 0 aromatic heterocycles. The SMILES string of the molecule is CNS(=O)(=O)c1cccc(CCC(=O)O)c1. The number of nitrogens with one attached hydrogen (secondary N) is 1. The molecule has 0 aliphatic carbocycles. The van der Waals surface area contributed by atoms with Crippen LogP contribution in [0, 0.1) is 0 Å². The van der Waals surface area contributed by atoms with Gasteiger partial charge < -0.3 is 5.11 Å². The monoisotopic (exact) mass is 243 g/mol. The van der Waals surface area contributed by atoms with Crippen molar-refractivity contribution >= 4 is 16.0 Å². The van der Waals surface area contributed by atoms with Crippen LogP contribution in [0.1, 0.15) is 12.0 Å². The molecule has 0 saturated carbocycles. The minimum absolute atomic E-state index is 0.0109. The molecule has 0 spiro atoms. The van der Waals surface area contributed by atoms with Gasteiger partial charge in [0.15, 0.2) is 0 Å². The van der Waals surface area contributed by atoms with Crippen molar-refractivity contribution in [2.24, 2.45) is 0 Å². The van der Waals surface area contributed by atoms with E-state index in [1.165, 1.54) is 19.2 Å². The first kappa shape index (κ1) is 12.7. The van der Waals surface area contributed by atoms with E-state index in [-0.39, 0.29) is 11.3 Å². The standard InChI is InChI=1S/C10H13NO4S/c1-11-16(14,15)9-4-2-3-8(7-9)5-6-10(12)13/h2-4,7,11H,5-6H2,1H3,(H,12,13). The Morgan fingerprint density at radius 2 is 2.12 bits per heavy atom. The van der Waals surface area contributed by atoms with E-state index >= 15 is 0 Å². The fourth-order valence-electron chi connectivity index (χ4n) is 1.24. The van der Waals surface area contributed by atoms with Gasteiger partial charge in [-0.3, -0.25) is 4.79 Å². The molecule has 16 heavy (non-hydrogen) atoms. The summed E-state index contributed by atoms with van der Waals surface area (Å²) in [5, 5.41) is 8.52. The summed E-state index contributed by atoms with van der Waals surface area (Å²) in [5.74, 6) is -0.901. The van der Waals surface area contributed by atoms with Crippen molar-refractivity contribution in [2.45, 2.75) is 17.7 Å². The maximum atomic E-state index is 11.5. The van der Waals surface area contributed by atoms with E-state index in [4.69, 9.17) is 5.11 Å². The summed E-state index contributed by atoms with van der Waals surface area (Å²) in [6.45, 7) is 0. The zero-order valence-electron chi connectivity index (χ0n) is 8.80. The smallest absolute Gasteiger partial charge is 0.303 e. The number of carbonyl (C=O) groups is 1. The predicted octanol–water partition coefficient (Wildman–Crippen LogP) is 0.612. The molecule has 0 saturated heterocycles. The molecule has 0 heterocycles. The van der Waals surface area contributed by atoms with E-state index in [0.717, 1.165) is 0 Å². The molecule has 1 aromatic carbocycles. The molecular formula is C10H13NO4S. The Labute approximate surface area is 94.2 Å². The number of aliphatic carboxylic acids is 1. The van der Waals surface area contributed by atoms with Gasteiger partial charge in [-0.15, -0.1) is 0 Å². The minimum atomic E-state index is -3.46. The fourth-order valence-corrected chi connectivity index (χ4v) is 2.04. The van der Waals surface area contributed by atoms with E-state index in [1.807, 2.05) is 0 Å². The van der Waals surface area contributed by atoms with Crippen molar-refractivity contribution in [3.05, 3.63) is 29.8 Å². The van der Waals surface area contributed by atoms with E-state index in [2.05, 4.69) is 4.72 Å². The lowest BCUT2D eigenvalue weighted by molar-refractivity contribution is -0.136. The van der Waals surface area contributed by atoms with Crippen molar-refractivity contribution in [1.82, 2.24) is 4.72 Å². The van der Waals surface area contributed by atoms with Crippen molar-refractivity contribution in [3.63, 3.8) is 0 Å². The van der Waals surface area contributed by atoms with E-state index in [9.17, 15) is 13.2 Å². The molecule has 88 valence electrons. The predicted molar refractivity (Wildman–Crippen MR) is 58.6 cm³/mol. The number of benzene rings is 1. The molecular weight excluding hydrogens is 230 g/mol. The largest absolute Gasteiger partial charge is 0.481 e. The maximum absolute atomic E-state index is 11.5. The summed E-state index contributed by atoms with van der Waals surface area (Å²) in [6.07, 6.45) is 0.311. The second-order valence-electron chi connectivity index (χ2n) is 3.25. The highest BCUT2D eigenvalue weighted by atomic mass is 32.2. The summed E-state index contributed by atoms with van der Waals surface area (Å²) < 4.78 is 25.1. The molecule has 1 aromatic rings. The zero-order valence-corrected chi connectivity index (χ0v) is 9.62. The first-order valence-corrected chi connectivity index (χ1v) is 6.18. The molecule has 0 bridgehead atoms. The third-order valence-electron chi connectivity index (χ3n) is 2.11. The van der Waals surface area contributed by atoms with Crippen LogP contribution in [0.25, 0.3) is 0 Å². The lowest BCUT2D eigenvalue weighted by atomic mass is 10.1. The Morgan fingerprint density at radius 3 is 2.69 bits per heavy atom. The third kappa shape index (κ3) is 3.32. The second-order valence-corrected chi connectivity index (χ2v) is 5.14.